The molecule has 20 heavy (non-hydrogen) atoms. The number of carbonyl (C=O) groups is 1. The summed E-state index contributed by atoms with van der Waals surface area (Å²) in [6.07, 6.45) is 0. The third kappa shape index (κ3) is 3.46. The molecule has 0 atom stereocenters. The van der Waals surface area contributed by atoms with E-state index in [-0.39, 0.29) is 5.91 Å². The van der Waals surface area contributed by atoms with Gasteiger partial charge < -0.3 is 15.1 Å². The molecule has 0 radical (unpaired) electrons. The minimum absolute atomic E-state index is 0.0765. The van der Waals surface area contributed by atoms with Crippen LogP contribution in [-0.4, -0.2) is 30.5 Å². The van der Waals surface area contributed by atoms with Crippen molar-refractivity contribution in [3.8, 4) is 10.8 Å². The van der Waals surface area contributed by atoms with Crippen LogP contribution in [-0.2, 0) is 0 Å². The molecule has 5 nitrogen and oxygen atoms in total. The van der Waals surface area contributed by atoms with Crippen LogP contribution < -0.4 is 10.6 Å². The molecule has 0 unspecified atom stereocenters. The number of furan rings is 1. The normalized spacial score (nSPS) is 10.8. The number of aromatic nitrogens is 1. The molecule has 0 spiro atoms. The second-order valence-electron chi connectivity index (χ2n) is 4.45. The maximum absolute atomic E-state index is 12.1. The highest BCUT2D eigenvalue weighted by molar-refractivity contribution is 7.17. The highest BCUT2D eigenvalue weighted by Crippen LogP contribution is 2.29. The Morgan fingerprint density at radius 2 is 2.15 bits per heavy atom. The van der Waals surface area contributed by atoms with Crippen molar-refractivity contribution in [2.24, 2.45) is 0 Å². The molecule has 0 fully saturated rings. The van der Waals surface area contributed by atoms with Gasteiger partial charge in [0.2, 0.25) is 0 Å². The van der Waals surface area contributed by atoms with Crippen LogP contribution in [0, 0.1) is 13.8 Å². The Kier molecular flexibility index (Phi) is 4.92. The van der Waals surface area contributed by atoms with E-state index in [1.807, 2.05) is 32.9 Å². The molecular formula is C14H19N3O2S. The van der Waals surface area contributed by atoms with Crippen LogP contribution in [0.25, 0.3) is 10.8 Å². The third-order valence-corrected chi connectivity index (χ3v) is 3.96. The van der Waals surface area contributed by atoms with Crippen molar-refractivity contribution in [1.29, 1.82) is 0 Å². The van der Waals surface area contributed by atoms with Gasteiger partial charge in [-0.2, -0.15) is 0 Å². The van der Waals surface area contributed by atoms with Crippen LogP contribution in [0.1, 0.15) is 28.0 Å². The van der Waals surface area contributed by atoms with Crippen molar-refractivity contribution in [3.05, 3.63) is 28.5 Å². The second-order valence-corrected chi connectivity index (χ2v) is 5.45. The minimum Gasteiger partial charge on any atom is -0.459 e. The largest absolute Gasteiger partial charge is 0.459 e. The fourth-order valence-corrected chi connectivity index (χ4v) is 2.73. The molecule has 2 heterocycles. The summed E-state index contributed by atoms with van der Waals surface area (Å²) in [4.78, 5) is 17.1. The van der Waals surface area contributed by atoms with Crippen LogP contribution in [0.2, 0.25) is 0 Å². The third-order valence-electron chi connectivity index (χ3n) is 2.79. The zero-order valence-electron chi connectivity index (χ0n) is 11.9. The summed E-state index contributed by atoms with van der Waals surface area (Å²) >= 11 is 1.36. The van der Waals surface area contributed by atoms with Crippen LogP contribution in [0.3, 0.4) is 0 Å². The van der Waals surface area contributed by atoms with E-state index in [2.05, 4.69) is 15.6 Å². The number of amides is 1. The van der Waals surface area contributed by atoms with Gasteiger partial charge in [0, 0.05) is 13.1 Å². The Balaban J connectivity index is 2.05. The lowest BCUT2D eigenvalue weighted by atomic mass is 10.3. The number of rotatable bonds is 6. The van der Waals surface area contributed by atoms with E-state index in [9.17, 15) is 4.79 Å². The first-order valence-corrected chi connectivity index (χ1v) is 7.46. The average molecular weight is 293 g/mol. The summed E-state index contributed by atoms with van der Waals surface area (Å²) in [5.74, 6) is 1.47. The molecule has 2 N–H and O–H groups in total. The first-order valence-electron chi connectivity index (χ1n) is 6.65. The molecule has 108 valence electrons. The number of thiazole rings is 1. The first kappa shape index (κ1) is 14.7. The van der Waals surface area contributed by atoms with Gasteiger partial charge in [0.1, 0.15) is 10.6 Å². The number of hydrogen-bond acceptors (Lipinski definition) is 5. The minimum atomic E-state index is -0.0765. The predicted octanol–water partition coefficient (Wildman–Crippen LogP) is 2.36. The van der Waals surface area contributed by atoms with Crippen molar-refractivity contribution in [1.82, 2.24) is 15.6 Å². The second kappa shape index (κ2) is 6.67. The Labute approximate surface area is 122 Å². The lowest BCUT2D eigenvalue weighted by molar-refractivity contribution is 0.0957. The highest BCUT2D eigenvalue weighted by Gasteiger charge is 2.17. The highest BCUT2D eigenvalue weighted by atomic mass is 32.1. The van der Waals surface area contributed by atoms with Crippen molar-refractivity contribution in [2.45, 2.75) is 20.8 Å². The average Bonchev–Trinajstić information content (AvgIpc) is 3.00. The summed E-state index contributed by atoms with van der Waals surface area (Å²) in [5.41, 5.74) is 0.736. The van der Waals surface area contributed by atoms with Crippen molar-refractivity contribution < 1.29 is 9.21 Å². The number of nitrogens with zero attached hydrogens (tertiary/aromatic N) is 1. The first-order chi connectivity index (χ1) is 9.61. The number of carbonyl (C=O) groups excluding carboxylic acids is 1. The molecule has 6 heteroatoms. The van der Waals surface area contributed by atoms with Crippen molar-refractivity contribution in [2.75, 3.05) is 19.6 Å². The molecule has 0 saturated heterocycles. The maximum atomic E-state index is 12.1. The van der Waals surface area contributed by atoms with E-state index in [1.165, 1.54) is 11.3 Å². The van der Waals surface area contributed by atoms with Crippen LogP contribution >= 0.6 is 11.3 Å². The molecule has 2 rings (SSSR count). The van der Waals surface area contributed by atoms with Gasteiger partial charge in [-0.25, -0.2) is 4.98 Å². The van der Waals surface area contributed by atoms with Gasteiger partial charge in [0.25, 0.3) is 5.91 Å². The fraction of sp³-hybridized carbons (Fsp3) is 0.429. The van der Waals surface area contributed by atoms with Gasteiger partial charge in [-0.3, -0.25) is 4.79 Å². The van der Waals surface area contributed by atoms with E-state index in [1.54, 1.807) is 0 Å². The Hall–Kier alpha value is -1.66. The summed E-state index contributed by atoms with van der Waals surface area (Å²) in [7, 11) is 0. The zero-order valence-corrected chi connectivity index (χ0v) is 12.8. The zero-order chi connectivity index (χ0) is 14.5. The van der Waals surface area contributed by atoms with E-state index < -0.39 is 0 Å². The molecule has 0 aromatic carbocycles. The van der Waals surface area contributed by atoms with Crippen molar-refractivity contribution in [3.63, 3.8) is 0 Å². The van der Waals surface area contributed by atoms with E-state index in [0.29, 0.717) is 17.2 Å². The number of aryl methyl sites for hydroxylation is 2. The van der Waals surface area contributed by atoms with E-state index in [4.69, 9.17) is 4.42 Å². The van der Waals surface area contributed by atoms with Crippen LogP contribution in [0.15, 0.2) is 16.5 Å². The van der Waals surface area contributed by atoms with Crippen LogP contribution in [0.4, 0.5) is 0 Å². The lowest BCUT2D eigenvalue weighted by Gasteiger charge is -2.03. The Morgan fingerprint density at radius 1 is 1.35 bits per heavy atom. The summed E-state index contributed by atoms with van der Waals surface area (Å²) in [5, 5.41) is 6.79. The molecule has 2 aromatic rings. The van der Waals surface area contributed by atoms with E-state index in [0.717, 1.165) is 29.6 Å². The summed E-state index contributed by atoms with van der Waals surface area (Å²) in [6.45, 7) is 8.04. The Morgan fingerprint density at radius 3 is 2.80 bits per heavy atom. The summed E-state index contributed by atoms with van der Waals surface area (Å²) in [6, 6.07) is 3.77. The molecule has 0 aliphatic carbocycles. The topological polar surface area (TPSA) is 67.2 Å². The van der Waals surface area contributed by atoms with Gasteiger partial charge in [-0.15, -0.1) is 11.3 Å². The number of nitrogens with one attached hydrogen (secondary N) is 2. The molecule has 1 amide bonds. The summed E-state index contributed by atoms with van der Waals surface area (Å²) < 4.78 is 5.54. The van der Waals surface area contributed by atoms with Crippen molar-refractivity contribution >= 4 is 17.2 Å². The fourth-order valence-electron chi connectivity index (χ4n) is 1.78. The number of hydrogen-bond donors (Lipinski definition) is 2. The van der Waals surface area contributed by atoms with Gasteiger partial charge >= 0.3 is 0 Å². The van der Waals surface area contributed by atoms with Gasteiger partial charge in [-0.1, -0.05) is 6.92 Å². The van der Waals surface area contributed by atoms with Gasteiger partial charge in [0.05, 0.1) is 5.69 Å². The SMILES string of the molecule is CCNCCNC(=O)c1sc(-c2ccc(C)o2)nc1C. The number of likely N-dealkylation sites (N-methyl/N-ethyl adjacent to an activating group) is 1. The van der Waals surface area contributed by atoms with E-state index >= 15 is 0 Å². The lowest BCUT2D eigenvalue weighted by Crippen LogP contribution is -2.31. The molecule has 0 aliphatic rings. The quantitative estimate of drug-likeness (QED) is 0.802. The van der Waals surface area contributed by atoms with Gasteiger partial charge in [-0.05, 0) is 32.5 Å². The maximum Gasteiger partial charge on any atom is 0.263 e. The molecular weight excluding hydrogens is 274 g/mol. The molecule has 0 aliphatic heterocycles. The standard InChI is InChI=1S/C14H19N3O2S/c1-4-15-7-8-16-13(18)12-10(3)17-14(20-12)11-6-5-9(2)19-11/h5-6,15H,4,7-8H2,1-3H3,(H,16,18). The molecule has 2 aromatic heterocycles. The Bertz CT molecular complexity index is 589. The van der Waals surface area contributed by atoms with Gasteiger partial charge in [0.15, 0.2) is 10.8 Å². The smallest absolute Gasteiger partial charge is 0.263 e. The van der Waals surface area contributed by atoms with Crippen LogP contribution in [0.5, 0.6) is 0 Å². The molecule has 0 bridgehead atoms. The predicted molar refractivity (Wildman–Crippen MR) is 80.2 cm³/mol. The molecule has 0 saturated carbocycles. The monoisotopic (exact) mass is 293 g/mol.